The fraction of sp³-hybridized carbons (Fsp3) is 0.0952. The lowest BCUT2D eigenvalue weighted by Gasteiger charge is -2.24. The summed E-state index contributed by atoms with van der Waals surface area (Å²) in [7, 11) is -3.94. The van der Waals surface area contributed by atoms with Crippen LogP contribution in [-0.2, 0) is 14.8 Å². The quantitative estimate of drug-likeness (QED) is 0.608. The summed E-state index contributed by atoms with van der Waals surface area (Å²) in [5.41, 5.74) is -0.544. The number of carbonyl (C=O) groups excluding carboxylic acids is 1. The predicted octanol–water partition coefficient (Wildman–Crippen LogP) is 4.16. The average Bonchev–Trinajstić information content (AvgIpc) is 2.70. The molecule has 0 heterocycles. The van der Waals surface area contributed by atoms with Crippen LogP contribution in [0.4, 0.5) is 20.2 Å². The van der Waals surface area contributed by atoms with Crippen molar-refractivity contribution in [2.75, 3.05) is 22.4 Å². The standard InChI is InChI=1S/C21H18F2N2O4S/c1-30(27,28)25(14-20(26)24-21-16(22)10-7-11-17(21)23)18-12-5-6-13-19(18)29-15-8-3-2-4-9-15/h2-13H,14H2,1H3,(H,24,26). The molecule has 6 nitrogen and oxygen atoms in total. The van der Waals surface area contributed by atoms with Crippen molar-refractivity contribution in [1.29, 1.82) is 0 Å². The number of ether oxygens (including phenoxy) is 1. The van der Waals surface area contributed by atoms with Gasteiger partial charge in [0.25, 0.3) is 0 Å². The highest BCUT2D eigenvalue weighted by molar-refractivity contribution is 7.92. The highest BCUT2D eigenvalue weighted by Crippen LogP contribution is 2.33. The van der Waals surface area contributed by atoms with Crippen molar-refractivity contribution in [1.82, 2.24) is 0 Å². The van der Waals surface area contributed by atoms with E-state index in [9.17, 15) is 22.0 Å². The van der Waals surface area contributed by atoms with Crippen LogP contribution in [0.3, 0.4) is 0 Å². The Labute approximate surface area is 172 Å². The molecule has 0 aromatic heterocycles. The van der Waals surface area contributed by atoms with Gasteiger partial charge in [-0.3, -0.25) is 9.10 Å². The molecule has 0 fully saturated rings. The minimum absolute atomic E-state index is 0.105. The van der Waals surface area contributed by atoms with Gasteiger partial charge in [0.15, 0.2) is 5.75 Å². The summed E-state index contributed by atoms with van der Waals surface area (Å²) in [4.78, 5) is 12.4. The summed E-state index contributed by atoms with van der Waals surface area (Å²) in [6, 6.07) is 18.1. The van der Waals surface area contributed by atoms with Crippen LogP contribution in [0.1, 0.15) is 0 Å². The van der Waals surface area contributed by atoms with Gasteiger partial charge < -0.3 is 10.1 Å². The van der Waals surface area contributed by atoms with Crippen LogP contribution < -0.4 is 14.4 Å². The number of sulfonamides is 1. The minimum atomic E-state index is -3.94. The molecule has 1 amide bonds. The molecule has 0 aliphatic carbocycles. The zero-order chi connectivity index (χ0) is 21.7. The molecule has 3 rings (SSSR count). The van der Waals surface area contributed by atoms with E-state index in [0.717, 1.165) is 28.8 Å². The Morgan fingerprint density at radius 1 is 0.933 bits per heavy atom. The van der Waals surface area contributed by atoms with E-state index in [1.165, 1.54) is 6.07 Å². The monoisotopic (exact) mass is 432 g/mol. The van der Waals surface area contributed by atoms with E-state index < -0.39 is 39.8 Å². The van der Waals surface area contributed by atoms with Crippen LogP contribution in [0.5, 0.6) is 11.5 Å². The van der Waals surface area contributed by atoms with Crippen LogP contribution in [0.25, 0.3) is 0 Å². The maximum Gasteiger partial charge on any atom is 0.245 e. The first-order valence-corrected chi connectivity index (χ1v) is 10.6. The van der Waals surface area contributed by atoms with Crippen LogP contribution in [0, 0.1) is 11.6 Å². The minimum Gasteiger partial charge on any atom is -0.455 e. The van der Waals surface area contributed by atoms with Gasteiger partial charge in [-0.15, -0.1) is 0 Å². The number of hydrogen-bond donors (Lipinski definition) is 1. The van der Waals surface area contributed by atoms with Crippen LogP contribution in [-0.4, -0.2) is 27.1 Å². The van der Waals surface area contributed by atoms with E-state index >= 15 is 0 Å². The molecule has 0 aliphatic heterocycles. The Bertz CT molecular complexity index is 1130. The summed E-state index contributed by atoms with van der Waals surface area (Å²) in [5.74, 6) is -2.20. The third-order valence-electron chi connectivity index (χ3n) is 4.02. The number of nitrogens with one attached hydrogen (secondary N) is 1. The largest absolute Gasteiger partial charge is 0.455 e. The molecule has 0 saturated heterocycles. The summed E-state index contributed by atoms with van der Waals surface area (Å²) >= 11 is 0. The maximum atomic E-state index is 13.8. The molecule has 0 spiro atoms. The molecule has 3 aromatic carbocycles. The van der Waals surface area contributed by atoms with Crippen molar-refractivity contribution < 1.29 is 26.7 Å². The van der Waals surface area contributed by atoms with Gasteiger partial charge in [0.2, 0.25) is 15.9 Å². The molecule has 0 saturated carbocycles. The third kappa shape index (κ3) is 5.12. The molecule has 9 heteroatoms. The number of nitrogens with zero attached hydrogens (tertiary/aromatic N) is 1. The number of rotatable bonds is 7. The predicted molar refractivity (Wildman–Crippen MR) is 110 cm³/mol. The first-order valence-electron chi connectivity index (χ1n) is 8.79. The molecule has 3 aromatic rings. The number of hydrogen-bond acceptors (Lipinski definition) is 4. The number of benzene rings is 3. The van der Waals surface area contributed by atoms with E-state index in [1.807, 2.05) is 0 Å². The lowest BCUT2D eigenvalue weighted by atomic mass is 10.2. The Balaban J connectivity index is 1.90. The van der Waals surface area contributed by atoms with Crippen molar-refractivity contribution in [3.8, 4) is 11.5 Å². The van der Waals surface area contributed by atoms with Gasteiger partial charge >= 0.3 is 0 Å². The Morgan fingerprint density at radius 2 is 1.53 bits per heavy atom. The Morgan fingerprint density at radius 3 is 2.17 bits per heavy atom. The van der Waals surface area contributed by atoms with Gasteiger partial charge in [-0.2, -0.15) is 0 Å². The van der Waals surface area contributed by atoms with Crippen LogP contribution in [0.2, 0.25) is 0 Å². The maximum absolute atomic E-state index is 13.8. The van der Waals surface area contributed by atoms with Gasteiger partial charge in [-0.25, -0.2) is 17.2 Å². The lowest BCUT2D eigenvalue weighted by molar-refractivity contribution is -0.114. The third-order valence-corrected chi connectivity index (χ3v) is 5.15. The summed E-state index contributed by atoms with van der Waals surface area (Å²) in [6.45, 7) is -0.707. The summed E-state index contributed by atoms with van der Waals surface area (Å²) in [6.07, 6.45) is 0.920. The molecule has 0 unspecified atom stereocenters. The Kier molecular flexibility index (Phi) is 6.31. The number of amides is 1. The van der Waals surface area contributed by atoms with Crippen LogP contribution >= 0.6 is 0 Å². The fourth-order valence-electron chi connectivity index (χ4n) is 2.67. The van der Waals surface area contributed by atoms with Crippen molar-refractivity contribution in [3.63, 3.8) is 0 Å². The zero-order valence-electron chi connectivity index (χ0n) is 15.9. The fourth-order valence-corrected chi connectivity index (χ4v) is 3.53. The second-order valence-electron chi connectivity index (χ2n) is 6.30. The topological polar surface area (TPSA) is 75.7 Å². The van der Waals surface area contributed by atoms with Crippen molar-refractivity contribution in [2.45, 2.75) is 0 Å². The van der Waals surface area contributed by atoms with Gasteiger partial charge in [0.1, 0.15) is 29.6 Å². The van der Waals surface area contributed by atoms with E-state index in [-0.39, 0.29) is 11.4 Å². The lowest BCUT2D eigenvalue weighted by Crippen LogP contribution is -2.37. The summed E-state index contributed by atoms with van der Waals surface area (Å²) < 4.78 is 59.0. The molecular formula is C21H18F2N2O4S. The smallest absolute Gasteiger partial charge is 0.245 e. The second-order valence-corrected chi connectivity index (χ2v) is 8.20. The first kappa shape index (κ1) is 21.3. The van der Waals surface area contributed by atoms with E-state index in [2.05, 4.69) is 5.32 Å². The van der Waals surface area contributed by atoms with E-state index in [1.54, 1.807) is 48.5 Å². The van der Waals surface area contributed by atoms with Gasteiger partial charge in [0, 0.05) is 0 Å². The zero-order valence-corrected chi connectivity index (χ0v) is 16.7. The first-order chi connectivity index (χ1) is 14.3. The average molecular weight is 432 g/mol. The highest BCUT2D eigenvalue weighted by atomic mass is 32.2. The van der Waals surface area contributed by atoms with Crippen molar-refractivity contribution >= 4 is 27.3 Å². The molecule has 0 bridgehead atoms. The van der Waals surface area contributed by atoms with Gasteiger partial charge in [-0.05, 0) is 36.4 Å². The van der Waals surface area contributed by atoms with Gasteiger partial charge in [0.05, 0.1) is 11.9 Å². The molecule has 0 radical (unpaired) electrons. The number of halogens is 2. The SMILES string of the molecule is CS(=O)(=O)N(CC(=O)Nc1c(F)cccc1F)c1ccccc1Oc1ccccc1. The molecule has 1 N–H and O–H groups in total. The second kappa shape index (κ2) is 8.91. The van der Waals surface area contributed by atoms with Crippen molar-refractivity contribution in [2.24, 2.45) is 0 Å². The normalized spacial score (nSPS) is 11.0. The van der Waals surface area contributed by atoms with E-state index in [0.29, 0.717) is 5.75 Å². The number of para-hydroxylation sites is 4. The molecule has 0 atom stereocenters. The van der Waals surface area contributed by atoms with Crippen molar-refractivity contribution in [3.05, 3.63) is 84.4 Å². The number of carbonyl (C=O) groups is 1. The van der Waals surface area contributed by atoms with Crippen LogP contribution in [0.15, 0.2) is 72.8 Å². The van der Waals surface area contributed by atoms with Gasteiger partial charge in [-0.1, -0.05) is 36.4 Å². The molecule has 0 aliphatic rings. The van der Waals surface area contributed by atoms with E-state index in [4.69, 9.17) is 4.74 Å². The number of anilines is 2. The molecule has 30 heavy (non-hydrogen) atoms. The molecule has 156 valence electrons. The summed E-state index contributed by atoms with van der Waals surface area (Å²) in [5, 5.41) is 2.08. The Hall–Kier alpha value is -3.46. The molecular weight excluding hydrogens is 414 g/mol. The highest BCUT2D eigenvalue weighted by Gasteiger charge is 2.25.